The smallest absolute Gasteiger partial charge is 0.299 e. The first-order valence-corrected chi connectivity index (χ1v) is 7.41. The minimum atomic E-state index is -0.752. The summed E-state index contributed by atoms with van der Waals surface area (Å²) in [5, 5.41) is 0. The fourth-order valence-corrected chi connectivity index (χ4v) is 2.81. The van der Waals surface area contributed by atoms with E-state index < -0.39 is 11.9 Å². The molecule has 1 atom stereocenters. The number of carbonyl (C=O) groups excluding carboxylic acids is 2. The molecule has 0 bridgehead atoms. The molecule has 4 nitrogen and oxygen atoms in total. The van der Waals surface area contributed by atoms with E-state index in [-0.39, 0.29) is 5.91 Å². The SMILES string of the molecule is NC(=O)C1c2ccccc2CCN1C(=O)C#Cc1ccccc1. The van der Waals surface area contributed by atoms with Crippen LogP contribution in [-0.4, -0.2) is 23.3 Å². The maximum Gasteiger partial charge on any atom is 0.299 e. The summed E-state index contributed by atoms with van der Waals surface area (Å²) in [4.78, 5) is 25.8. The Balaban J connectivity index is 1.89. The lowest BCUT2D eigenvalue weighted by atomic mass is 9.92. The predicted octanol–water partition coefficient (Wildman–Crippen LogP) is 1.65. The Labute approximate surface area is 134 Å². The lowest BCUT2D eigenvalue weighted by Crippen LogP contribution is -2.45. The molecule has 23 heavy (non-hydrogen) atoms. The number of hydrogen-bond acceptors (Lipinski definition) is 2. The summed E-state index contributed by atoms with van der Waals surface area (Å²) >= 11 is 0. The summed E-state index contributed by atoms with van der Waals surface area (Å²) < 4.78 is 0. The number of fused-ring (bicyclic) bond motifs is 1. The van der Waals surface area contributed by atoms with Crippen LogP contribution in [0.15, 0.2) is 54.6 Å². The quantitative estimate of drug-likeness (QED) is 0.814. The largest absolute Gasteiger partial charge is 0.368 e. The van der Waals surface area contributed by atoms with Gasteiger partial charge in [-0.05, 0) is 29.7 Å². The molecule has 0 saturated heterocycles. The van der Waals surface area contributed by atoms with Gasteiger partial charge in [-0.25, -0.2) is 0 Å². The normalized spacial score (nSPS) is 16.0. The minimum absolute atomic E-state index is 0.382. The van der Waals surface area contributed by atoms with Gasteiger partial charge in [0.1, 0.15) is 6.04 Å². The molecule has 0 radical (unpaired) electrons. The van der Waals surface area contributed by atoms with Gasteiger partial charge < -0.3 is 10.6 Å². The number of nitrogens with zero attached hydrogens (tertiary/aromatic N) is 1. The van der Waals surface area contributed by atoms with Gasteiger partial charge in [0.15, 0.2) is 0 Å². The summed E-state index contributed by atoms with van der Waals surface area (Å²) in [5.74, 6) is 4.53. The van der Waals surface area contributed by atoms with Crippen molar-refractivity contribution in [1.29, 1.82) is 0 Å². The van der Waals surface area contributed by atoms with E-state index in [0.717, 1.165) is 16.7 Å². The number of benzene rings is 2. The highest BCUT2D eigenvalue weighted by Crippen LogP contribution is 2.29. The van der Waals surface area contributed by atoms with Crippen molar-refractivity contribution in [1.82, 2.24) is 4.90 Å². The lowest BCUT2D eigenvalue weighted by molar-refractivity contribution is -0.135. The number of hydrogen-bond donors (Lipinski definition) is 1. The van der Waals surface area contributed by atoms with E-state index in [2.05, 4.69) is 11.8 Å². The highest BCUT2D eigenvalue weighted by atomic mass is 16.2. The molecule has 0 spiro atoms. The van der Waals surface area contributed by atoms with E-state index in [1.54, 1.807) is 0 Å². The average Bonchev–Trinajstić information content (AvgIpc) is 2.59. The molecule has 0 saturated carbocycles. The fraction of sp³-hybridized carbons (Fsp3) is 0.158. The maximum atomic E-state index is 12.4. The van der Waals surface area contributed by atoms with Crippen LogP contribution in [0.25, 0.3) is 0 Å². The fourth-order valence-electron chi connectivity index (χ4n) is 2.81. The van der Waals surface area contributed by atoms with Gasteiger partial charge in [-0.15, -0.1) is 0 Å². The van der Waals surface area contributed by atoms with Crippen LogP contribution in [-0.2, 0) is 16.0 Å². The number of nitrogens with two attached hydrogens (primary N) is 1. The van der Waals surface area contributed by atoms with Crippen LogP contribution in [0.3, 0.4) is 0 Å². The van der Waals surface area contributed by atoms with Gasteiger partial charge in [0, 0.05) is 18.0 Å². The van der Waals surface area contributed by atoms with E-state index in [9.17, 15) is 9.59 Å². The van der Waals surface area contributed by atoms with Crippen LogP contribution in [0.5, 0.6) is 0 Å². The van der Waals surface area contributed by atoms with Crippen LogP contribution in [0.1, 0.15) is 22.7 Å². The number of carbonyl (C=O) groups is 2. The van der Waals surface area contributed by atoms with Gasteiger partial charge in [-0.3, -0.25) is 9.59 Å². The van der Waals surface area contributed by atoms with Gasteiger partial charge >= 0.3 is 0 Å². The van der Waals surface area contributed by atoms with Crippen molar-refractivity contribution >= 4 is 11.8 Å². The minimum Gasteiger partial charge on any atom is -0.368 e. The molecule has 114 valence electrons. The summed E-state index contributed by atoms with van der Waals surface area (Å²) in [7, 11) is 0. The topological polar surface area (TPSA) is 63.4 Å². The van der Waals surface area contributed by atoms with E-state index in [1.165, 1.54) is 4.90 Å². The molecule has 1 heterocycles. The van der Waals surface area contributed by atoms with Gasteiger partial charge in [0.05, 0.1) is 0 Å². The second kappa shape index (κ2) is 6.37. The molecule has 2 amide bonds. The Morgan fingerprint density at radius 2 is 1.74 bits per heavy atom. The molecule has 2 N–H and O–H groups in total. The standard InChI is InChI=1S/C19H16N2O2/c20-19(23)18-16-9-5-4-8-15(16)12-13-21(18)17(22)11-10-14-6-2-1-3-7-14/h1-9,18H,12-13H2,(H2,20,23). The molecule has 1 aliphatic rings. The highest BCUT2D eigenvalue weighted by molar-refractivity contribution is 5.98. The first-order chi connectivity index (χ1) is 11.2. The van der Waals surface area contributed by atoms with Crippen molar-refractivity contribution in [2.75, 3.05) is 6.54 Å². The van der Waals surface area contributed by atoms with E-state index in [0.29, 0.717) is 13.0 Å². The first kappa shape index (κ1) is 14.9. The van der Waals surface area contributed by atoms with Crippen molar-refractivity contribution < 1.29 is 9.59 Å². The van der Waals surface area contributed by atoms with E-state index in [1.807, 2.05) is 54.6 Å². The van der Waals surface area contributed by atoms with Gasteiger partial charge in [-0.2, -0.15) is 0 Å². The summed E-state index contributed by atoms with van der Waals surface area (Å²) in [5.41, 5.74) is 8.14. The molecule has 2 aromatic rings. The summed E-state index contributed by atoms with van der Waals surface area (Å²) in [6.07, 6.45) is 0.693. The summed E-state index contributed by atoms with van der Waals surface area (Å²) in [6.45, 7) is 0.437. The van der Waals surface area contributed by atoms with Crippen molar-refractivity contribution in [3.8, 4) is 11.8 Å². The van der Waals surface area contributed by atoms with Crippen LogP contribution in [0.2, 0.25) is 0 Å². The molecule has 2 aromatic carbocycles. The second-order valence-electron chi connectivity index (χ2n) is 5.37. The maximum absolute atomic E-state index is 12.4. The Hall–Kier alpha value is -3.06. The number of amides is 2. The molecule has 3 rings (SSSR count). The van der Waals surface area contributed by atoms with Gasteiger partial charge in [0.25, 0.3) is 5.91 Å². The van der Waals surface area contributed by atoms with E-state index in [4.69, 9.17) is 5.73 Å². The van der Waals surface area contributed by atoms with Crippen molar-refractivity contribution in [2.24, 2.45) is 5.73 Å². The average molecular weight is 304 g/mol. The van der Waals surface area contributed by atoms with Crippen LogP contribution in [0, 0.1) is 11.8 Å². The van der Waals surface area contributed by atoms with Crippen molar-refractivity contribution in [3.05, 3.63) is 71.3 Å². The third-order valence-electron chi connectivity index (χ3n) is 3.90. The molecule has 0 aliphatic carbocycles. The van der Waals surface area contributed by atoms with Gasteiger partial charge in [-0.1, -0.05) is 48.4 Å². The zero-order valence-electron chi connectivity index (χ0n) is 12.5. The zero-order chi connectivity index (χ0) is 16.2. The van der Waals surface area contributed by atoms with Crippen LogP contribution < -0.4 is 5.73 Å². The molecular weight excluding hydrogens is 288 g/mol. The van der Waals surface area contributed by atoms with Gasteiger partial charge in [0.2, 0.25) is 5.91 Å². The Bertz CT molecular complexity index is 803. The predicted molar refractivity (Wildman–Crippen MR) is 87.1 cm³/mol. The van der Waals surface area contributed by atoms with Crippen molar-refractivity contribution in [3.63, 3.8) is 0 Å². The highest BCUT2D eigenvalue weighted by Gasteiger charge is 2.33. The van der Waals surface area contributed by atoms with Crippen molar-refractivity contribution in [2.45, 2.75) is 12.5 Å². The van der Waals surface area contributed by atoms with Crippen LogP contribution >= 0.6 is 0 Å². The Kier molecular flexibility index (Phi) is 4.11. The monoisotopic (exact) mass is 304 g/mol. The third kappa shape index (κ3) is 3.09. The second-order valence-corrected chi connectivity index (χ2v) is 5.37. The third-order valence-corrected chi connectivity index (χ3v) is 3.90. The zero-order valence-corrected chi connectivity index (χ0v) is 12.5. The Morgan fingerprint density at radius 1 is 1.04 bits per heavy atom. The molecule has 4 heteroatoms. The number of rotatable bonds is 1. The molecule has 0 fully saturated rings. The molecule has 1 aliphatic heterocycles. The first-order valence-electron chi connectivity index (χ1n) is 7.41. The van der Waals surface area contributed by atoms with Crippen LogP contribution in [0.4, 0.5) is 0 Å². The lowest BCUT2D eigenvalue weighted by Gasteiger charge is -2.34. The molecule has 0 aromatic heterocycles. The molecule has 1 unspecified atom stereocenters. The summed E-state index contributed by atoms with van der Waals surface area (Å²) in [6, 6.07) is 16.1. The van der Waals surface area contributed by atoms with E-state index >= 15 is 0 Å². The Morgan fingerprint density at radius 3 is 2.48 bits per heavy atom. The number of primary amides is 1. The molecular formula is C19H16N2O2.